The van der Waals surface area contributed by atoms with E-state index in [1.807, 2.05) is 0 Å². The number of carbonyl (C=O) groups is 2. The van der Waals surface area contributed by atoms with E-state index in [0.717, 1.165) is 13.0 Å². The Hall–Kier alpha value is -1.34. The molecule has 1 saturated heterocycles. The summed E-state index contributed by atoms with van der Waals surface area (Å²) in [5, 5.41) is 8.47. The normalized spacial score (nSPS) is 22.7. The minimum absolute atomic E-state index is 0.0487. The number of carbonyl (C=O) groups excluding carboxylic acids is 2. The van der Waals surface area contributed by atoms with E-state index in [1.165, 1.54) is 0 Å². The van der Waals surface area contributed by atoms with Crippen molar-refractivity contribution in [1.29, 1.82) is 0 Å². The van der Waals surface area contributed by atoms with E-state index in [2.05, 4.69) is 22.9 Å². The summed E-state index contributed by atoms with van der Waals surface area (Å²) in [4.78, 5) is 22.3. The molecule has 0 aromatic rings. The van der Waals surface area contributed by atoms with Gasteiger partial charge in [0.05, 0.1) is 19.1 Å². The van der Waals surface area contributed by atoms with Gasteiger partial charge in [-0.15, -0.1) is 0 Å². The van der Waals surface area contributed by atoms with Crippen molar-refractivity contribution < 1.29 is 14.3 Å². The van der Waals surface area contributed by atoms with Crippen LogP contribution in [0.5, 0.6) is 0 Å². The van der Waals surface area contributed by atoms with E-state index in [1.54, 1.807) is 0 Å². The van der Waals surface area contributed by atoms with E-state index in [-0.39, 0.29) is 17.9 Å². The minimum Gasteiger partial charge on any atom is -0.379 e. The zero-order valence-electron chi connectivity index (χ0n) is 10.7. The highest BCUT2D eigenvalue weighted by Crippen LogP contribution is 2.13. The van der Waals surface area contributed by atoms with Crippen LogP contribution in [-0.2, 0) is 9.53 Å². The van der Waals surface area contributed by atoms with E-state index in [0.29, 0.717) is 26.3 Å². The van der Waals surface area contributed by atoms with Crippen molar-refractivity contribution in [2.45, 2.75) is 19.4 Å². The first-order chi connectivity index (χ1) is 8.65. The molecule has 1 aliphatic heterocycles. The predicted molar refractivity (Wildman–Crippen MR) is 67.0 cm³/mol. The van der Waals surface area contributed by atoms with Crippen molar-refractivity contribution in [2.24, 2.45) is 11.7 Å². The fraction of sp³-hybridized carbons (Fsp3) is 0.818. The second-order valence-corrected chi connectivity index (χ2v) is 4.29. The molecule has 5 N–H and O–H groups in total. The Morgan fingerprint density at radius 2 is 1.94 bits per heavy atom. The number of amides is 3. The van der Waals surface area contributed by atoms with Gasteiger partial charge < -0.3 is 26.4 Å². The van der Waals surface area contributed by atoms with Crippen LogP contribution in [0.25, 0.3) is 0 Å². The lowest BCUT2D eigenvalue weighted by atomic mass is 10.0. The number of ether oxygens (including phenoxy) is 1. The summed E-state index contributed by atoms with van der Waals surface area (Å²) in [5.74, 6) is -0.211. The van der Waals surface area contributed by atoms with Crippen LogP contribution in [0, 0.1) is 5.92 Å². The SMILES string of the molecule is CCCNC1COCC1C(=O)NCCNC(N)=O. The summed E-state index contributed by atoms with van der Waals surface area (Å²) in [5.41, 5.74) is 4.92. The van der Waals surface area contributed by atoms with Crippen LogP contribution < -0.4 is 21.7 Å². The van der Waals surface area contributed by atoms with Gasteiger partial charge in [-0.1, -0.05) is 6.92 Å². The molecule has 1 heterocycles. The Morgan fingerprint density at radius 1 is 1.22 bits per heavy atom. The molecule has 0 aromatic carbocycles. The standard InChI is InChI=1S/C11H22N4O3/c1-2-3-13-9-7-18-6-8(9)10(16)14-4-5-15-11(12)17/h8-9,13H,2-7H2,1H3,(H,14,16)(H3,12,15,17). The average molecular weight is 258 g/mol. The van der Waals surface area contributed by atoms with Crippen LogP contribution in [0.15, 0.2) is 0 Å². The van der Waals surface area contributed by atoms with Gasteiger partial charge in [0, 0.05) is 19.1 Å². The number of hydrogen-bond donors (Lipinski definition) is 4. The van der Waals surface area contributed by atoms with Crippen LogP contribution in [0.2, 0.25) is 0 Å². The van der Waals surface area contributed by atoms with Gasteiger partial charge in [0.15, 0.2) is 0 Å². The molecule has 0 aliphatic carbocycles. The monoisotopic (exact) mass is 258 g/mol. The van der Waals surface area contributed by atoms with E-state index < -0.39 is 6.03 Å². The third-order valence-corrected chi connectivity index (χ3v) is 2.80. The quantitative estimate of drug-likeness (QED) is 0.430. The molecule has 1 rings (SSSR count). The van der Waals surface area contributed by atoms with Gasteiger partial charge in [-0.05, 0) is 13.0 Å². The highest BCUT2D eigenvalue weighted by atomic mass is 16.5. The summed E-state index contributed by atoms with van der Waals surface area (Å²) < 4.78 is 5.32. The van der Waals surface area contributed by atoms with Crippen LogP contribution in [0.3, 0.4) is 0 Å². The molecule has 0 saturated carbocycles. The first-order valence-corrected chi connectivity index (χ1v) is 6.27. The lowest BCUT2D eigenvalue weighted by Crippen LogP contribution is -2.46. The number of rotatable bonds is 7. The Labute approximate surface area is 107 Å². The third-order valence-electron chi connectivity index (χ3n) is 2.80. The maximum Gasteiger partial charge on any atom is 0.312 e. The molecule has 7 heteroatoms. The molecule has 104 valence electrons. The topological polar surface area (TPSA) is 105 Å². The summed E-state index contributed by atoms with van der Waals surface area (Å²) in [6.07, 6.45) is 1.02. The first kappa shape index (κ1) is 14.7. The minimum atomic E-state index is -0.587. The fourth-order valence-electron chi connectivity index (χ4n) is 1.85. The van der Waals surface area contributed by atoms with Crippen LogP contribution in [0.4, 0.5) is 4.79 Å². The summed E-state index contributed by atoms with van der Waals surface area (Å²) in [6, 6.07) is -0.509. The van der Waals surface area contributed by atoms with Crippen LogP contribution in [-0.4, -0.2) is 50.8 Å². The molecule has 0 spiro atoms. The number of primary amides is 1. The lowest BCUT2D eigenvalue weighted by Gasteiger charge is -2.18. The number of nitrogens with two attached hydrogens (primary N) is 1. The Morgan fingerprint density at radius 3 is 2.61 bits per heavy atom. The van der Waals surface area contributed by atoms with Crippen molar-refractivity contribution in [1.82, 2.24) is 16.0 Å². The summed E-state index contributed by atoms with van der Waals surface area (Å²) in [7, 11) is 0. The fourth-order valence-corrected chi connectivity index (χ4v) is 1.85. The second kappa shape index (κ2) is 7.88. The number of nitrogens with one attached hydrogen (secondary N) is 3. The van der Waals surface area contributed by atoms with Crippen LogP contribution >= 0.6 is 0 Å². The molecule has 0 bridgehead atoms. The molecule has 1 fully saturated rings. The van der Waals surface area contributed by atoms with Gasteiger partial charge >= 0.3 is 6.03 Å². The van der Waals surface area contributed by atoms with Gasteiger partial charge in [-0.25, -0.2) is 4.79 Å². The van der Waals surface area contributed by atoms with E-state index in [4.69, 9.17) is 10.5 Å². The van der Waals surface area contributed by atoms with Crippen molar-refractivity contribution in [3.8, 4) is 0 Å². The maximum absolute atomic E-state index is 11.9. The molecule has 2 unspecified atom stereocenters. The molecule has 3 amide bonds. The molecular weight excluding hydrogens is 236 g/mol. The van der Waals surface area contributed by atoms with Crippen molar-refractivity contribution in [2.75, 3.05) is 32.8 Å². The lowest BCUT2D eigenvalue weighted by molar-refractivity contribution is -0.125. The van der Waals surface area contributed by atoms with Gasteiger partial charge in [0.2, 0.25) is 5.91 Å². The smallest absolute Gasteiger partial charge is 0.312 e. The highest BCUT2D eigenvalue weighted by molar-refractivity contribution is 5.80. The number of urea groups is 1. The summed E-state index contributed by atoms with van der Waals surface area (Å²) in [6.45, 7) is 4.67. The zero-order valence-corrected chi connectivity index (χ0v) is 10.7. The molecule has 18 heavy (non-hydrogen) atoms. The Bertz CT molecular complexity index is 285. The summed E-state index contributed by atoms with van der Waals surface area (Å²) >= 11 is 0. The van der Waals surface area contributed by atoms with Crippen molar-refractivity contribution in [3.05, 3.63) is 0 Å². The first-order valence-electron chi connectivity index (χ1n) is 6.27. The molecule has 1 aliphatic rings. The zero-order chi connectivity index (χ0) is 13.4. The molecule has 0 radical (unpaired) electrons. The van der Waals surface area contributed by atoms with Gasteiger partial charge in [0.1, 0.15) is 0 Å². The predicted octanol–water partition coefficient (Wildman–Crippen LogP) is -1.21. The van der Waals surface area contributed by atoms with E-state index >= 15 is 0 Å². The molecule has 0 aromatic heterocycles. The average Bonchev–Trinajstić information content (AvgIpc) is 2.79. The van der Waals surface area contributed by atoms with E-state index in [9.17, 15) is 9.59 Å². The van der Waals surface area contributed by atoms with Crippen LogP contribution in [0.1, 0.15) is 13.3 Å². The van der Waals surface area contributed by atoms with Gasteiger partial charge in [-0.3, -0.25) is 4.79 Å². The van der Waals surface area contributed by atoms with Crippen molar-refractivity contribution >= 4 is 11.9 Å². The maximum atomic E-state index is 11.9. The van der Waals surface area contributed by atoms with Gasteiger partial charge in [-0.2, -0.15) is 0 Å². The van der Waals surface area contributed by atoms with Crippen molar-refractivity contribution in [3.63, 3.8) is 0 Å². The second-order valence-electron chi connectivity index (χ2n) is 4.29. The molecular formula is C11H22N4O3. The Balaban J connectivity index is 2.24. The largest absolute Gasteiger partial charge is 0.379 e. The highest BCUT2D eigenvalue weighted by Gasteiger charge is 2.33. The molecule has 7 nitrogen and oxygen atoms in total. The number of hydrogen-bond acceptors (Lipinski definition) is 4. The van der Waals surface area contributed by atoms with Gasteiger partial charge in [0.25, 0.3) is 0 Å². The molecule has 2 atom stereocenters. The Kier molecular flexibility index (Phi) is 6.45. The third kappa shape index (κ3) is 4.89.